The van der Waals surface area contributed by atoms with Gasteiger partial charge in [-0.3, -0.25) is 4.72 Å². The number of ether oxygens (including phenoxy) is 1. The van der Waals surface area contributed by atoms with Crippen LogP contribution in [-0.4, -0.2) is 23.7 Å². The molecular weight excluding hydrogens is 311 g/mol. The summed E-state index contributed by atoms with van der Waals surface area (Å²) in [6.07, 6.45) is 0. The Morgan fingerprint density at radius 2 is 1.86 bits per heavy atom. The Hall–Kier alpha value is -1.61. The fourth-order valence-electron chi connectivity index (χ4n) is 1.72. The number of hydrogen-bond acceptors (Lipinski definition) is 5. The van der Waals surface area contributed by atoms with E-state index in [-0.39, 0.29) is 17.0 Å². The lowest BCUT2D eigenvalue weighted by atomic mass is 9.79. The first-order valence-electron chi connectivity index (χ1n) is 6.54. The summed E-state index contributed by atoms with van der Waals surface area (Å²) in [5.41, 5.74) is 0.0895. The highest BCUT2D eigenvalue weighted by atomic mass is 32.2. The van der Waals surface area contributed by atoms with Crippen molar-refractivity contribution in [2.45, 2.75) is 11.8 Å². The maximum absolute atomic E-state index is 13.6. The molecule has 0 aliphatic rings. The molecule has 2 aromatic carbocycles. The van der Waals surface area contributed by atoms with E-state index in [1.54, 1.807) is 6.07 Å². The van der Waals surface area contributed by atoms with Gasteiger partial charge in [0.25, 0.3) is 0 Å². The van der Waals surface area contributed by atoms with Gasteiger partial charge in [-0.25, -0.2) is 8.78 Å². The summed E-state index contributed by atoms with van der Waals surface area (Å²) in [6.45, 7) is 2.67. The van der Waals surface area contributed by atoms with E-state index < -0.39 is 18.8 Å². The van der Waals surface area contributed by atoms with Gasteiger partial charge in [0, 0.05) is 23.0 Å². The van der Waals surface area contributed by atoms with Gasteiger partial charge in [0.05, 0.1) is 0 Å². The van der Waals surface area contributed by atoms with Crippen LogP contribution in [0.25, 0.3) is 0 Å². The van der Waals surface area contributed by atoms with Gasteiger partial charge < -0.3 is 14.8 Å². The number of nitrogens with one attached hydrogen (secondary N) is 1. The molecule has 0 spiro atoms. The summed E-state index contributed by atoms with van der Waals surface area (Å²) in [5.74, 6) is -1.70. The summed E-state index contributed by atoms with van der Waals surface area (Å²) < 4.78 is 34.8. The van der Waals surface area contributed by atoms with Gasteiger partial charge in [-0.1, -0.05) is 6.92 Å². The average Bonchev–Trinajstić information content (AvgIpc) is 2.48. The largest absolute Gasteiger partial charge is 0.492 e. The Morgan fingerprint density at radius 1 is 1.14 bits per heavy atom. The van der Waals surface area contributed by atoms with Crippen molar-refractivity contribution >= 4 is 24.5 Å². The van der Waals surface area contributed by atoms with Crippen molar-refractivity contribution in [3.63, 3.8) is 0 Å². The molecule has 0 bridgehead atoms. The SMILES string of the molecule is CCNSc1ccc(Oc2ccc(F)cc2F)c(B(O)O)c1. The first-order chi connectivity index (χ1) is 10.5. The zero-order valence-electron chi connectivity index (χ0n) is 11.7. The van der Waals surface area contributed by atoms with Crippen LogP contribution in [0, 0.1) is 11.6 Å². The predicted molar refractivity (Wildman–Crippen MR) is 82.2 cm³/mol. The van der Waals surface area contributed by atoms with Crippen LogP contribution in [0.4, 0.5) is 8.78 Å². The number of rotatable bonds is 6. The molecule has 0 unspecified atom stereocenters. The Bertz CT molecular complexity index is 658. The second-order valence-corrected chi connectivity index (χ2v) is 5.31. The average molecular weight is 325 g/mol. The zero-order valence-corrected chi connectivity index (χ0v) is 12.5. The molecule has 3 N–H and O–H groups in total. The van der Waals surface area contributed by atoms with Crippen LogP contribution >= 0.6 is 11.9 Å². The normalized spacial score (nSPS) is 10.6. The molecule has 0 aliphatic carbocycles. The van der Waals surface area contributed by atoms with Crippen LogP contribution in [0.1, 0.15) is 6.92 Å². The molecule has 2 rings (SSSR count). The van der Waals surface area contributed by atoms with Crippen molar-refractivity contribution in [2.75, 3.05) is 6.54 Å². The lowest BCUT2D eigenvalue weighted by Crippen LogP contribution is -2.31. The van der Waals surface area contributed by atoms with Gasteiger partial charge in [0.15, 0.2) is 11.6 Å². The highest BCUT2D eigenvalue weighted by Crippen LogP contribution is 2.26. The van der Waals surface area contributed by atoms with Crippen LogP contribution in [-0.2, 0) is 0 Å². The van der Waals surface area contributed by atoms with Crippen LogP contribution in [0.15, 0.2) is 41.3 Å². The summed E-state index contributed by atoms with van der Waals surface area (Å²) in [5, 5.41) is 18.9. The lowest BCUT2D eigenvalue weighted by Gasteiger charge is -2.13. The summed E-state index contributed by atoms with van der Waals surface area (Å²) in [7, 11) is -1.78. The molecule has 22 heavy (non-hydrogen) atoms. The molecule has 0 heterocycles. The standard InChI is InChI=1S/C14H14BF2NO3S/c1-2-18-22-10-4-6-13(11(8-10)15(19)20)21-14-5-3-9(16)7-12(14)17/h3-8,18-20H,2H2,1H3. The molecule has 2 aromatic rings. The van der Waals surface area contributed by atoms with Gasteiger partial charge in [-0.15, -0.1) is 0 Å². The first-order valence-corrected chi connectivity index (χ1v) is 7.35. The van der Waals surface area contributed by atoms with Crippen molar-refractivity contribution in [3.05, 3.63) is 48.0 Å². The molecule has 0 aromatic heterocycles. The molecule has 116 valence electrons. The fraction of sp³-hybridized carbons (Fsp3) is 0.143. The minimum absolute atomic E-state index is 0.0846. The number of hydrogen-bond donors (Lipinski definition) is 3. The van der Waals surface area contributed by atoms with E-state index in [9.17, 15) is 18.8 Å². The van der Waals surface area contributed by atoms with E-state index in [2.05, 4.69) is 4.72 Å². The number of benzene rings is 2. The van der Waals surface area contributed by atoms with Gasteiger partial charge in [-0.2, -0.15) is 0 Å². The second kappa shape index (κ2) is 7.60. The van der Waals surface area contributed by atoms with Crippen LogP contribution in [0.5, 0.6) is 11.5 Å². The van der Waals surface area contributed by atoms with Crippen molar-refractivity contribution in [2.24, 2.45) is 0 Å². The summed E-state index contributed by atoms with van der Waals surface area (Å²) in [6, 6.07) is 7.60. The third-order valence-electron chi connectivity index (χ3n) is 2.71. The first kappa shape index (κ1) is 16.8. The Balaban J connectivity index is 2.29. The fourth-order valence-corrected chi connectivity index (χ4v) is 2.35. The molecule has 0 aliphatic heterocycles. The van der Waals surface area contributed by atoms with E-state index in [1.165, 1.54) is 24.1 Å². The molecule has 0 amide bonds. The Morgan fingerprint density at radius 3 is 2.50 bits per heavy atom. The van der Waals surface area contributed by atoms with Gasteiger partial charge in [0.2, 0.25) is 0 Å². The van der Waals surface area contributed by atoms with Crippen LogP contribution in [0.3, 0.4) is 0 Å². The highest BCUT2D eigenvalue weighted by Gasteiger charge is 2.19. The van der Waals surface area contributed by atoms with E-state index in [0.29, 0.717) is 6.07 Å². The maximum atomic E-state index is 13.6. The van der Waals surface area contributed by atoms with Gasteiger partial charge in [0.1, 0.15) is 11.6 Å². The minimum atomic E-state index is -1.78. The van der Waals surface area contributed by atoms with Crippen molar-refractivity contribution in [1.82, 2.24) is 4.72 Å². The van der Waals surface area contributed by atoms with E-state index in [0.717, 1.165) is 23.6 Å². The molecular formula is C14H14BF2NO3S. The van der Waals surface area contributed by atoms with Gasteiger partial charge in [-0.05, 0) is 42.3 Å². The Kier molecular flexibility index (Phi) is 5.79. The topological polar surface area (TPSA) is 61.7 Å². The van der Waals surface area contributed by atoms with Crippen LogP contribution < -0.4 is 14.9 Å². The van der Waals surface area contributed by atoms with Crippen molar-refractivity contribution < 1.29 is 23.6 Å². The Labute approximate surface area is 131 Å². The number of halogens is 2. The monoisotopic (exact) mass is 325 g/mol. The molecule has 0 atom stereocenters. The highest BCUT2D eigenvalue weighted by molar-refractivity contribution is 7.97. The van der Waals surface area contributed by atoms with Gasteiger partial charge >= 0.3 is 7.12 Å². The minimum Gasteiger partial charge on any atom is -0.455 e. The van der Waals surface area contributed by atoms with Crippen molar-refractivity contribution in [1.29, 1.82) is 0 Å². The molecule has 0 saturated carbocycles. The van der Waals surface area contributed by atoms with E-state index in [4.69, 9.17) is 4.74 Å². The van der Waals surface area contributed by atoms with Crippen LogP contribution in [0.2, 0.25) is 0 Å². The quantitative estimate of drug-likeness (QED) is 0.561. The third kappa shape index (κ3) is 4.20. The zero-order chi connectivity index (χ0) is 16.1. The maximum Gasteiger partial charge on any atom is 0.492 e. The molecule has 0 saturated heterocycles. The second-order valence-electron chi connectivity index (χ2n) is 4.35. The smallest absolute Gasteiger partial charge is 0.455 e. The third-order valence-corrected chi connectivity index (χ3v) is 3.63. The summed E-state index contributed by atoms with van der Waals surface area (Å²) in [4.78, 5) is 0.747. The summed E-state index contributed by atoms with van der Waals surface area (Å²) >= 11 is 1.32. The molecule has 8 heteroatoms. The van der Waals surface area contributed by atoms with E-state index >= 15 is 0 Å². The molecule has 4 nitrogen and oxygen atoms in total. The molecule has 0 radical (unpaired) electrons. The molecule has 0 fully saturated rings. The van der Waals surface area contributed by atoms with E-state index in [1.807, 2.05) is 6.92 Å². The lowest BCUT2D eigenvalue weighted by molar-refractivity contribution is 0.414. The van der Waals surface area contributed by atoms with Crippen molar-refractivity contribution in [3.8, 4) is 11.5 Å². The predicted octanol–water partition coefficient (Wildman–Crippen LogP) is 2.05.